The molecule has 1 saturated heterocycles. The Bertz CT molecular complexity index is 882. The zero-order chi connectivity index (χ0) is 21.3. The highest BCUT2D eigenvalue weighted by molar-refractivity contribution is 6.29. The van der Waals surface area contributed by atoms with Crippen LogP contribution >= 0.6 is 11.6 Å². The summed E-state index contributed by atoms with van der Waals surface area (Å²) in [5, 5.41) is 0.812. The molecule has 0 aliphatic carbocycles. The third kappa shape index (κ3) is 3.97. The molecule has 162 valence electrons. The van der Waals surface area contributed by atoms with Crippen molar-refractivity contribution in [2.75, 3.05) is 33.3 Å². The van der Waals surface area contributed by atoms with Crippen molar-refractivity contribution in [2.24, 2.45) is 5.92 Å². The largest absolute Gasteiger partial charge is 0.494 e. The standard InChI is InChI=1S/C24H32ClN3O2/c1-18(2)10-17-30-20-6-4-19(5-7-20)23(29)27-13-11-24(12-14-27)21-8-9-22(25)28(21)16-15-26(24)3/h4-9,18H,10-17H2,1-3H3. The lowest BCUT2D eigenvalue weighted by Gasteiger charge is -2.50. The molecule has 6 heteroatoms. The van der Waals surface area contributed by atoms with E-state index >= 15 is 0 Å². The molecule has 0 atom stereocenters. The number of carbonyl (C=O) groups is 1. The summed E-state index contributed by atoms with van der Waals surface area (Å²) in [5.41, 5.74) is 1.98. The predicted molar refractivity (Wildman–Crippen MR) is 120 cm³/mol. The Kier molecular flexibility index (Phi) is 6.12. The van der Waals surface area contributed by atoms with Crippen LogP contribution in [0.15, 0.2) is 36.4 Å². The Labute approximate surface area is 184 Å². The van der Waals surface area contributed by atoms with Gasteiger partial charge in [-0.05, 0) is 68.6 Å². The number of nitrogens with zero attached hydrogens (tertiary/aromatic N) is 3. The predicted octanol–water partition coefficient (Wildman–Crippen LogP) is 4.64. The van der Waals surface area contributed by atoms with Crippen molar-refractivity contribution in [3.8, 4) is 5.75 Å². The van der Waals surface area contributed by atoms with Crippen molar-refractivity contribution in [3.05, 3.63) is 52.8 Å². The average Bonchev–Trinajstić information content (AvgIpc) is 3.13. The van der Waals surface area contributed by atoms with E-state index in [1.54, 1.807) is 0 Å². The first-order valence-electron chi connectivity index (χ1n) is 11.0. The third-order valence-corrected chi connectivity index (χ3v) is 7.07. The summed E-state index contributed by atoms with van der Waals surface area (Å²) in [5.74, 6) is 1.55. The minimum atomic E-state index is -0.0315. The zero-order valence-electron chi connectivity index (χ0n) is 18.2. The number of hydrogen-bond acceptors (Lipinski definition) is 3. The van der Waals surface area contributed by atoms with Crippen LogP contribution in [0, 0.1) is 5.92 Å². The third-order valence-electron chi connectivity index (χ3n) is 6.74. The molecule has 1 aromatic carbocycles. The van der Waals surface area contributed by atoms with Gasteiger partial charge in [0.05, 0.1) is 12.1 Å². The van der Waals surface area contributed by atoms with E-state index < -0.39 is 0 Å². The SMILES string of the molecule is CC(C)CCOc1ccc(C(=O)N2CCC3(CC2)c2ccc(Cl)n2CCN3C)cc1. The zero-order valence-corrected chi connectivity index (χ0v) is 19.0. The van der Waals surface area contributed by atoms with Crippen LogP contribution in [0.2, 0.25) is 5.15 Å². The molecule has 1 amide bonds. The number of likely N-dealkylation sites (tertiary alicyclic amines) is 1. The quantitative estimate of drug-likeness (QED) is 0.694. The van der Waals surface area contributed by atoms with Crippen molar-refractivity contribution < 1.29 is 9.53 Å². The van der Waals surface area contributed by atoms with E-state index in [1.807, 2.05) is 35.2 Å². The Balaban J connectivity index is 1.40. The normalized spacial score (nSPS) is 18.6. The van der Waals surface area contributed by atoms with Crippen molar-refractivity contribution >= 4 is 17.5 Å². The maximum absolute atomic E-state index is 13.1. The monoisotopic (exact) mass is 429 g/mol. The summed E-state index contributed by atoms with van der Waals surface area (Å²) in [6.45, 7) is 8.48. The smallest absolute Gasteiger partial charge is 0.253 e. The van der Waals surface area contributed by atoms with Crippen molar-refractivity contribution in [1.82, 2.24) is 14.4 Å². The van der Waals surface area contributed by atoms with Gasteiger partial charge in [0.25, 0.3) is 5.91 Å². The summed E-state index contributed by atoms with van der Waals surface area (Å²) in [6.07, 6.45) is 2.87. The summed E-state index contributed by atoms with van der Waals surface area (Å²) < 4.78 is 8.01. The number of rotatable bonds is 5. The molecule has 5 nitrogen and oxygen atoms in total. The van der Waals surface area contributed by atoms with Gasteiger partial charge in [-0.25, -0.2) is 0 Å². The molecule has 1 fully saturated rings. The second-order valence-electron chi connectivity index (χ2n) is 8.99. The molecule has 1 spiro atoms. The van der Waals surface area contributed by atoms with Crippen LogP contribution < -0.4 is 4.74 Å². The first kappa shape index (κ1) is 21.3. The van der Waals surface area contributed by atoms with E-state index in [9.17, 15) is 4.79 Å². The minimum absolute atomic E-state index is 0.0315. The van der Waals surface area contributed by atoms with E-state index in [0.717, 1.165) is 61.9 Å². The van der Waals surface area contributed by atoms with Gasteiger partial charge >= 0.3 is 0 Å². The Morgan fingerprint density at radius 1 is 1.07 bits per heavy atom. The number of piperidine rings is 1. The molecule has 0 bridgehead atoms. The summed E-state index contributed by atoms with van der Waals surface area (Å²) in [6, 6.07) is 11.7. The molecule has 3 heterocycles. The van der Waals surface area contributed by atoms with E-state index in [4.69, 9.17) is 16.3 Å². The number of ether oxygens (including phenoxy) is 1. The molecule has 2 aromatic rings. The lowest BCUT2D eigenvalue weighted by molar-refractivity contribution is 0.0132. The number of likely N-dealkylation sites (N-methyl/N-ethyl adjacent to an activating group) is 1. The molecule has 30 heavy (non-hydrogen) atoms. The Hall–Kier alpha value is -1.98. The van der Waals surface area contributed by atoms with Crippen LogP contribution in [0.4, 0.5) is 0 Å². The van der Waals surface area contributed by atoms with Gasteiger partial charge in [0, 0.05) is 37.4 Å². The number of hydrogen-bond donors (Lipinski definition) is 0. The average molecular weight is 430 g/mol. The molecule has 2 aliphatic rings. The lowest BCUT2D eigenvalue weighted by atomic mass is 9.81. The topological polar surface area (TPSA) is 37.7 Å². The number of halogens is 1. The minimum Gasteiger partial charge on any atom is -0.494 e. The van der Waals surface area contributed by atoms with Crippen LogP contribution in [0.5, 0.6) is 5.75 Å². The van der Waals surface area contributed by atoms with E-state index in [0.29, 0.717) is 12.5 Å². The van der Waals surface area contributed by atoms with Crippen molar-refractivity contribution in [3.63, 3.8) is 0 Å². The fraction of sp³-hybridized carbons (Fsp3) is 0.542. The Morgan fingerprint density at radius 3 is 2.43 bits per heavy atom. The van der Waals surface area contributed by atoms with Gasteiger partial charge < -0.3 is 14.2 Å². The number of carbonyl (C=O) groups excluding carboxylic acids is 1. The van der Waals surface area contributed by atoms with Gasteiger partial charge in [-0.1, -0.05) is 25.4 Å². The fourth-order valence-electron chi connectivity index (χ4n) is 4.74. The molecule has 0 unspecified atom stereocenters. The molecular formula is C24H32ClN3O2. The number of fused-ring (bicyclic) bond motifs is 2. The molecule has 0 saturated carbocycles. The first-order valence-corrected chi connectivity index (χ1v) is 11.4. The van der Waals surface area contributed by atoms with Gasteiger partial charge in [0.1, 0.15) is 10.9 Å². The second kappa shape index (κ2) is 8.64. The van der Waals surface area contributed by atoms with Crippen LogP contribution in [0.3, 0.4) is 0 Å². The van der Waals surface area contributed by atoms with Gasteiger partial charge in [0.15, 0.2) is 0 Å². The number of amides is 1. The lowest BCUT2D eigenvalue weighted by Crippen LogP contribution is -2.56. The van der Waals surface area contributed by atoms with Crippen LogP contribution in [-0.4, -0.2) is 53.6 Å². The highest BCUT2D eigenvalue weighted by atomic mass is 35.5. The van der Waals surface area contributed by atoms with Gasteiger partial charge in [-0.15, -0.1) is 0 Å². The van der Waals surface area contributed by atoms with Gasteiger partial charge in [-0.3, -0.25) is 9.69 Å². The maximum atomic E-state index is 13.1. The second-order valence-corrected chi connectivity index (χ2v) is 9.38. The molecule has 0 radical (unpaired) electrons. The van der Waals surface area contributed by atoms with E-state index in [2.05, 4.69) is 36.4 Å². The van der Waals surface area contributed by atoms with Crippen molar-refractivity contribution in [2.45, 2.75) is 45.2 Å². The van der Waals surface area contributed by atoms with Crippen LogP contribution in [-0.2, 0) is 12.1 Å². The summed E-state index contributed by atoms with van der Waals surface area (Å²) in [4.78, 5) is 17.5. The fourth-order valence-corrected chi connectivity index (χ4v) is 4.98. The summed E-state index contributed by atoms with van der Waals surface area (Å²) in [7, 11) is 2.19. The molecule has 2 aliphatic heterocycles. The van der Waals surface area contributed by atoms with Crippen LogP contribution in [0.25, 0.3) is 0 Å². The van der Waals surface area contributed by atoms with Crippen LogP contribution in [0.1, 0.15) is 49.2 Å². The van der Waals surface area contributed by atoms with Gasteiger partial charge in [-0.2, -0.15) is 0 Å². The van der Waals surface area contributed by atoms with E-state index in [-0.39, 0.29) is 11.4 Å². The number of aromatic nitrogens is 1. The van der Waals surface area contributed by atoms with Gasteiger partial charge in [0.2, 0.25) is 0 Å². The number of benzene rings is 1. The molecule has 0 N–H and O–H groups in total. The molecule has 1 aromatic heterocycles. The maximum Gasteiger partial charge on any atom is 0.253 e. The highest BCUT2D eigenvalue weighted by Gasteiger charge is 2.44. The summed E-state index contributed by atoms with van der Waals surface area (Å²) >= 11 is 6.40. The highest BCUT2D eigenvalue weighted by Crippen LogP contribution is 2.42. The first-order chi connectivity index (χ1) is 14.4. The molecular weight excluding hydrogens is 398 g/mol. The Morgan fingerprint density at radius 2 is 1.77 bits per heavy atom. The van der Waals surface area contributed by atoms with Crippen molar-refractivity contribution in [1.29, 1.82) is 0 Å². The molecule has 4 rings (SSSR count). The van der Waals surface area contributed by atoms with E-state index in [1.165, 1.54) is 5.69 Å².